The minimum Gasteiger partial charge on any atom is -0.475 e. The highest BCUT2D eigenvalue weighted by molar-refractivity contribution is 5.25. The number of nitrogens with one attached hydrogen (secondary N) is 1. The molecule has 94 valence electrons. The number of hydrogen-bond donors (Lipinski definition) is 1. The first-order valence-electron chi connectivity index (χ1n) is 6.57. The van der Waals surface area contributed by atoms with E-state index >= 15 is 0 Å². The molecule has 0 spiro atoms. The zero-order valence-electron chi connectivity index (χ0n) is 10.8. The Morgan fingerprint density at radius 3 is 2.94 bits per heavy atom. The Bertz CT molecular complexity index is 348. The maximum Gasteiger partial charge on any atom is 0.218 e. The average molecular weight is 234 g/mol. The standard InChI is InChI=1S/C14H22N2O/c1-11(2)17-14-13(7-4-8-16-14)10-15-9-12-5-3-6-12/h4,7-8,11-12,15H,3,5-6,9-10H2,1-2H3. The molecule has 1 aromatic rings. The van der Waals surface area contributed by atoms with Crippen molar-refractivity contribution in [3.05, 3.63) is 23.9 Å². The van der Waals surface area contributed by atoms with E-state index in [-0.39, 0.29) is 6.10 Å². The summed E-state index contributed by atoms with van der Waals surface area (Å²) in [6, 6.07) is 4.05. The molecule has 1 aromatic heterocycles. The van der Waals surface area contributed by atoms with E-state index in [2.05, 4.69) is 16.4 Å². The Balaban J connectivity index is 1.85. The van der Waals surface area contributed by atoms with Crippen LogP contribution in [0.5, 0.6) is 5.88 Å². The van der Waals surface area contributed by atoms with E-state index in [0.717, 1.165) is 30.5 Å². The van der Waals surface area contributed by atoms with Crippen molar-refractivity contribution >= 4 is 0 Å². The monoisotopic (exact) mass is 234 g/mol. The van der Waals surface area contributed by atoms with Gasteiger partial charge in [0.15, 0.2) is 0 Å². The second kappa shape index (κ2) is 6.01. The van der Waals surface area contributed by atoms with Crippen LogP contribution in [-0.4, -0.2) is 17.6 Å². The maximum absolute atomic E-state index is 5.69. The number of hydrogen-bond acceptors (Lipinski definition) is 3. The molecule has 0 saturated heterocycles. The van der Waals surface area contributed by atoms with Crippen molar-refractivity contribution in [1.29, 1.82) is 0 Å². The lowest BCUT2D eigenvalue weighted by Gasteiger charge is -2.25. The molecule has 0 aliphatic heterocycles. The van der Waals surface area contributed by atoms with Crippen molar-refractivity contribution in [2.24, 2.45) is 5.92 Å². The Hall–Kier alpha value is -1.09. The minimum atomic E-state index is 0.176. The molecule has 3 nitrogen and oxygen atoms in total. The van der Waals surface area contributed by atoms with E-state index < -0.39 is 0 Å². The largest absolute Gasteiger partial charge is 0.475 e. The third-order valence-corrected chi connectivity index (χ3v) is 3.17. The van der Waals surface area contributed by atoms with Gasteiger partial charge in [0.1, 0.15) is 0 Å². The van der Waals surface area contributed by atoms with Crippen LogP contribution in [-0.2, 0) is 6.54 Å². The minimum absolute atomic E-state index is 0.176. The molecule has 0 bridgehead atoms. The van der Waals surface area contributed by atoms with Gasteiger partial charge in [-0.05, 0) is 45.2 Å². The molecule has 0 aromatic carbocycles. The number of aromatic nitrogens is 1. The van der Waals surface area contributed by atoms with Crippen LogP contribution in [0.4, 0.5) is 0 Å². The first kappa shape index (κ1) is 12.4. The molecule has 1 heterocycles. The number of nitrogens with zero attached hydrogens (tertiary/aromatic N) is 1. The zero-order chi connectivity index (χ0) is 12.1. The van der Waals surface area contributed by atoms with Crippen molar-refractivity contribution in [3.8, 4) is 5.88 Å². The lowest BCUT2D eigenvalue weighted by atomic mass is 9.85. The van der Waals surface area contributed by atoms with Gasteiger partial charge in [0.2, 0.25) is 5.88 Å². The summed E-state index contributed by atoms with van der Waals surface area (Å²) < 4.78 is 5.69. The van der Waals surface area contributed by atoms with E-state index in [1.807, 2.05) is 19.9 Å². The lowest BCUT2D eigenvalue weighted by Crippen LogP contribution is -2.27. The molecule has 1 N–H and O–H groups in total. The molecule has 0 amide bonds. The van der Waals surface area contributed by atoms with Gasteiger partial charge < -0.3 is 10.1 Å². The summed E-state index contributed by atoms with van der Waals surface area (Å²) in [7, 11) is 0. The second-order valence-corrected chi connectivity index (χ2v) is 5.06. The molecule has 0 unspecified atom stereocenters. The van der Waals surface area contributed by atoms with E-state index in [4.69, 9.17) is 4.74 Å². The number of rotatable bonds is 6. The Labute approximate surface area is 104 Å². The fraction of sp³-hybridized carbons (Fsp3) is 0.643. The normalized spacial score (nSPS) is 15.9. The molecule has 17 heavy (non-hydrogen) atoms. The fourth-order valence-electron chi connectivity index (χ4n) is 2.00. The van der Waals surface area contributed by atoms with Crippen molar-refractivity contribution < 1.29 is 4.74 Å². The van der Waals surface area contributed by atoms with Crippen molar-refractivity contribution in [3.63, 3.8) is 0 Å². The molecule has 1 aliphatic carbocycles. The van der Waals surface area contributed by atoms with Crippen molar-refractivity contribution in [2.75, 3.05) is 6.54 Å². The molecule has 0 radical (unpaired) electrons. The van der Waals surface area contributed by atoms with Crippen LogP contribution in [0.2, 0.25) is 0 Å². The van der Waals surface area contributed by atoms with Gasteiger partial charge in [0, 0.05) is 18.3 Å². The predicted octanol–water partition coefficient (Wildman–Crippen LogP) is 2.76. The number of pyridine rings is 1. The van der Waals surface area contributed by atoms with Gasteiger partial charge in [-0.25, -0.2) is 4.98 Å². The van der Waals surface area contributed by atoms with Crippen molar-refractivity contribution in [1.82, 2.24) is 10.3 Å². The first-order valence-corrected chi connectivity index (χ1v) is 6.57. The first-order chi connectivity index (χ1) is 8.25. The highest BCUT2D eigenvalue weighted by atomic mass is 16.5. The van der Waals surface area contributed by atoms with Crippen LogP contribution in [0.15, 0.2) is 18.3 Å². The molecule has 0 atom stereocenters. The third kappa shape index (κ3) is 3.70. The van der Waals surface area contributed by atoms with Gasteiger partial charge >= 0.3 is 0 Å². The summed E-state index contributed by atoms with van der Waals surface area (Å²) in [6.07, 6.45) is 6.13. The number of ether oxygens (including phenoxy) is 1. The summed E-state index contributed by atoms with van der Waals surface area (Å²) in [6.45, 7) is 6.03. The summed E-state index contributed by atoms with van der Waals surface area (Å²) >= 11 is 0. The fourth-order valence-corrected chi connectivity index (χ4v) is 2.00. The van der Waals surface area contributed by atoms with Crippen LogP contribution in [0.3, 0.4) is 0 Å². The summed E-state index contributed by atoms with van der Waals surface area (Å²) in [4.78, 5) is 4.29. The predicted molar refractivity (Wildman–Crippen MR) is 69.0 cm³/mol. The van der Waals surface area contributed by atoms with Gasteiger partial charge in [-0.15, -0.1) is 0 Å². The average Bonchev–Trinajstić information content (AvgIpc) is 2.23. The van der Waals surface area contributed by atoms with Crippen LogP contribution in [0.1, 0.15) is 38.7 Å². The van der Waals surface area contributed by atoms with Gasteiger partial charge in [-0.3, -0.25) is 0 Å². The third-order valence-electron chi connectivity index (χ3n) is 3.17. The van der Waals surface area contributed by atoms with Crippen LogP contribution >= 0.6 is 0 Å². The summed E-state index contributed by atoms with van der Waals surface area (Å²) in [5, 5.41) is 3.50. The highest BCUT2D eigenvalue weighted by Gasteiger charge is 2.16. The Morgan fingerprint density at radius 1 is 1.47 bits per heavy atom. The molecule has 1 fully saturated rings. The quantitative estimate of drug-likeness (QED) is 0.822. The van der Waals surface area contributed by atoms with Gasteiger partial charge in [-0.2, -0.15) is 0 Å². The summed E-state index contributed by atoms with van der Waals surface area (Å²) in [5.41, 5.74) is 1.15. The van der Waals surface area contributed by atoms with E-state index in [0.29, 0.717) is 0 Å². The molecule has 2 rings (SSSR count). The molecular weight excluding hydrogens is 212 g/mol. The lowest BCUT2D eigenvalue weighted by molar-refractivity contribution is 0.229. The van der Waals surface area contributed by atoms with Crippen LogP contribution in [0, 0.1) is 5.92 Å². The Morgan fingerprint density at radius 2 is 2.29 bits per heavy atom. The molecule has 1 aliphatic rings. The zero-order valence-corrected chi connectivity index (χ0v) is 10.8. The van der Waals surface area contributed by atoms with Gasteiger partial charge in [0.25, 0.3) is 0 Å². The highest BCUT2D eigenvalue weighted by Crippen LogP contribution is 2.25. The second-order valence-electron chi connectivity index (χ2n) is 5.06. The smallest absolute Gasteiger partial charge is 0.218 e. The van der Waals surface area contributed by atoms with E-state index in [9.17, 15) is 0 Å². The van der Waals surface area contributed by atoms with Crippen LogP contribution < -0.4 is 10.1 Å². The maximum atomic E-state index is 5.69. The SMILES string of the molecule is CC(C)Oc1ncccc1CNCC1CCC1. The van der Waals surface area contributed by atoms with Gasteiger partial charge in [0.05, 0.1) is 6.10 Å². The van der Waals surface area contributed by atoms with E-state index in [1.165, 1.54) is 19.3 Å². The van der Waals surface area contributed by atoms with E-state index in [1.54, 1.807) is 6.20 Å². The summed E-state index contributed by atoms with van der Waals surface area (Å²) in [5.74, 6) is 1.66. The van der Waals surface area contributed by atoms with Gasteiger partial charge in [-0.1, -0.05) is 12.5 Å². The van der Waals surface area contributed by atoms with Crippen LogP contribution in [0.25, 0.3) is 0 Å². The molecular formula is C14H22N2O. The molecule has 1 saturated carbocycles. The van der Waals surface area contributed by atoms with Crippen molar-refractivity contribution in [2.45, 2.75) is 45.8 Å². The topological polar surface area (TPSA) is 34.1 Å². The molecule has 3 heteroatoms. The Kier molecular flexibility index (Phi) is 4.37.